The van der Waals surface area contributed by atoms with Crippen molar-refractivity contribution in [2.24, 2.45) is 0 Å². The first kappa shape index (κ1) is 77.2. The maximum absolute atomic E-state index is 2.45. The summed E-state index contributed by atoms with van der Waals surface area (Å²) in [4.78, 5) is 0. The summed E-state index contributed by atoms with van der Waals surface area (Å²) in [5.41, 5.74) is 15.5. The van der Waals surface area contributed by atoms with Crippen molar-refractivity contribution in [1.29, 1.82) is 0 Å². The summed E-state index contributed by atoms with van der Waals surface area (Å²) in [6, 6.07) is 179. The van der Waals surface area contributed by atoms with Crippen LogP contribution in [0.3, 0.4) is 0 Å². The molecule has 0 aliphatic heterocycles. The van der Waals surface area contributed by atoms with Crippen molar-refractivity contribution < 1.29 is 0 Å². The molecule has 0 amide bonds. The Kier molecular flexibility index (Phi) is 15.3. The lowest BCUT2D eigenvalue weighted by molar-refractivity contribution is 1.70. The van der Waals surface area contributed by atoms with Gasteiger partial charge in [-0.05, 0) is 394 Å². The Morgan fingerprint density at radius 1 is 0.0694 bits per heavy atom. The van der Waals surface area contributed by atoms with Gasteiger partial charge in [-0.1, -0.05) is 437 Å². The third kappa shape index (κ3) is 10.6. The van der Waals surface area contributed by atoms with Crippen molar-refractivity contribution in [3.05, 3.63) is 473 Å². The third-order valence-electron chi connectivity index (χ3n) is 33.8. The maximum atomic E-state index is 2.45. The molecule has 654 valence electrons. The van der Waals surface area contributed by atoms with E-state index in [0.717, 1.165) is 0 Å². The first-order valence-electron chi connectivity index (χ1n) is 50.5. The van der Waals surface area contributed by atoms with Crippen molar-refractivity contribution >= 4 is 291 Å². The van der Waals surface area contributed by atoms with E-state index in [0.29, 0.717) is 0 Å². The molecule has 0 aliphatic rings. The van der Waals surface area contributed by atoms with Crippen LogP contribution in [0.1, 0.15) is 0 Å². The zero-order chi connectivity index (χ0) is 93.3. The highest BCUT2D eigenvalue weighted by Gasteiger charge is 2.27. The monoisotopic (exact) mass is 1810 g/mol. The molecule has 36 rings (SSSR count). The summed E-state index contributed by atoms with van der Waals surface area (Å²) in [6.45, 7) is 0. The molecule has 0 fully saturated rings. The molecule has 0 nitrogen and oxygen atoms in total. The smallest absolute Gasteiger partial charge is 0.00201 e. The molecule has 0 saturated heterocycles. The lowest BCUT2D eigenvalue weighted by Gasteiger charge is -2.20. The summed E-state index contributed by atoms with van der Waals surface area (Å²) in [5.74, 6) is 0. The van der Waals surface area contributed by atoms with Crippen LogP contribution in [0.4, 0.5) is 0 Å². The summed E-state index contributed by atoms with van der Waals surface area (Å²) >= 11 is 0. The molecule has 0 heterocycles. The molecule has 0 bridgehead atoms. The van der Waals surface area contributed by atoms with E-state index in [9.17, 15) is 0 Å². The van der Waals surface area contributed by atoms with E-state index >= 15 is 0 Å². The molecule has 0 saturated carbocycles. The fraction of sp³-hybridized carbons (Fsp3) is 0. The van der Waals surface area contributed by atoms with Crippen molar-refractivity contribution in [3.63, 3.8) is 0 Å². The average Bonchev–Trinajstić information content (AvgIpc) is 0.717. The summed E-state index contributed by atoms with van der Waals surface area (Å²) in [7, 11) is 0. The van der Waals surface area contributed by atoms with E-state index in [1.807, 2.05) is 0 Å². The van der Waals surface area contributed by atoms with Crippen LogP contribution in [-0.4, -0.2) is 0 Å². The molecule has 0 radical (unpaired) electrons. The minimum atomic E-state index is 1.27. The van der Waals surface area contributed by atoms with Crippen LogP contribution in [0.25, 0.3) is 358 Å². The van der Waals surface area contributed by atoms with Crippen LogP contribution in [0.15, 0.2) is 473 Å². The molecule has 36 aromatic carbocycles. The Bertz CT molecular complexity index is 11500. The molecule has 0 heteroatoms. The van der Waals surface area contributed by atoms with Crippen molar-refractivity contribution in [2.45, 2.75) is 0 Å². The largest absolute Gasteiger partial charge is 0.0610 e. The SMILES string of the molecule is c1cc2ccc3cc(-c4cc5cccc6c(-c7ccc8ccc9cccc%10ccc7c8c9%10)cc7cccc4c7c56)cc4ccc(c1)c2c34.c1cc2ccc3cc(-c4ccc5ccc6ccc(-c7ccc8ccc9cccc%10ccc7c8c9%10)c7ccc4c5c67)cc4ccc(c1)c2c34.c1cc2ccc3ccc(-c4ccc5ccc6ccc(-c7ccc8ccc9cccc%10ccc7c8c9%10)c7ccc4c5c67)c4ccc(c1)c2c34. The Hall–Kier alpha value is -18.7. The van der Waals surface area contributed by atoms with E-state index in [-0.39, 0.29) is 0 Å². The van der Waals surface area contributed by atoms with Crippen LogP contribution >= 0.6 is 0 Å². The van der Waals surface area contributed by atoms with Gasteiger partial charge in [-0.15, -0.1) is 0 Å². The van der Waals surface area contributed by atoms with Crippen molar-refractivity contribution in [1.82, 2.24) is 0 Å². The van der Waals surface area contributed by atoms with Crippen LogP contribution < -0.4 is 0 Å². The zero-order valence-electron chi connectivity index (χ0n) is 78.0. The third-order valence-corrected chi connectivity index (χ3v) is 33.8. The van der Waals surface area contributed by atoms with Gasteiger partial charge in [-0.25, -0.2) is 0 Å². The Morgan fingerprint density at radius 3 is 0.451 bits per heavy atom. The van der Waals surface area contributed by atoms with Gasteiger partial charge >= 0.3 is 0 Å². The number of hydrogen-bond donors (Lipinski definition) is 0. The van der Waals surface area contributed by atoms with Crippen LogP contribution in [0, 0.1) is 0 Å². The van der Waals surface area contributed by atoms with Crippen LogP contribution in [-0.2, 0) is 0 Å². The molecule has 0 spiro atoms. The van der Waals surface area contributed by atoms with Gasteiger partial charge in [-0.3, -0.25) is 0 Å². The topological polar surface area (TPSA) is 0 Å². The van der Waals surface area contributed by atoms with Gasteiger partial charge < -0.3 is 0 Å². The second-order valence-corrected chi connectivity index (χ2v) is 40.8. The Morgan fingerprint density at radius 2 is 0.194 bits per heavy atom. The molecule has 0 unspecified atom stereocenters. The lowest BCUT2D eigenvalue weighted by Crippen LogP contribution is -1.92. The fourth-order valence-electron chi connectivity index (χ4n) is 27.6. The highest BCUT2D eigenvalue weighted by atomic mass is 14.3. The van der Waals surface area contributed by atoms with Gasteiger partial charge in [0, 0.05) is 0 Å². The Balaban J connectivity index is 0.0000000932. The highest BCUT2D eigenvalue weighted by molar-refractivity contribution is 6.38. The van der Waals surface area contributed by atoms with E-state index in [1.54, 1.807) is 0 Å². The summed E-state index contributed by atoms with van der Waals surface area (Å²) in [6.07, 6.45) is 0. The highest BCUT2D eigenvalue weighted by Crippen LogP contribution is 2.55. The molecule has 0 N–H and O–H groups in total. The second kappa shape index (κ2) is 28.5. The minimum Gasteiger partial charge on any atom is -0.0610 e. The van der Waals surface area contributed by atoms with E-state index < -0.39 is 0 Å². The van der Waals surface area contributed by atoms with Gasteiger partial charge in [0.05, 0.1) is 0 Å². The Labute approximate surface area is 824 Å². The second-order valence-electron chi connectivity index (χ2n) is 40.8. The average molecular weight is 1810 g/mol. The van der Waals surface area contributed by atoms with Crippen LogP contribution in [0.2, 0.25) is 0 Å². The van der Waals surface area contributed by atoms with Crippen LogP contribution in [0.5, 0.6) is 0 Å². The summed E-state index contributed by atoms with van der Waals surface area (Å²) < 4.78 is 0. The number of hydrogen-bond acceptors (Lipinski definition) is 0. The molecule has 0 aliphatic carbocycles. The normalized spacial score (nSPS) is 12.6. The molecule has 144 heavy (non-hydrogen) atoms. The summed E-state index contributed by atoms with van der Waals surface area (Å²) in [5, 5.41) is 71.5. The molecule has 36 aromatic rings. The van der Waals surface area contributed by atoms with Gasteiger partial charge in [0.25, 0.3) is 0 Å². The first-order chi connectivity index (χ1) is 71.4. The molecular formula is C144H78. The lowest BCUT2D eigenvalue weighted by atomic mass is 9.83. The number of rotatable bonds is 6. The van der Waals surface area contributed by atoms with Crippen molar-refractivity contribution in [3.8, 4) is 66.8 Å². The van der Waals surface area contributed by atoms with Gasteiger partial charge in [0.1, 0.15) is 0 Å². The predicted molar refractivity (Wildman–Crippen MR) is 625 cm³/mol. The van der Waals surface area contributed by atoms with E-state index in [1.165, 1.54) is 358 Å². The first-order valence-corrected chi connectivity index (χ1v) is 50.5. The van der Waals surface area contributed by atoms with Crippen molar-refractivity contribution in [2.75, 3.05) is 0 Å². The maximum Gasteiger partial charge on any atom is -0.00201 e. The number of benzene rings is 36. The minimum absolute atomic E-state index is 1.27. The zero-order valence-corrected chi connectivity index (χ0v) is 78.0. The van der Waals surface area contributed by atoms with E-state index in [2.05, 4.69) is 473 Å². The van der Waals surface area contributed by atoms with Gasteiger partial charge in [0.2, 0.25) is 0 Å². The standard InChI is InChI=1S/3C48H26/c1-5-27-15-17-34-23-36(24-35-18-16-28(6-1)43(27)45(34)35)41-25-32-9-4-12-39-42(26-33-10-3-11-38(41)47(33)48(32)39)37-21-19-31-14-13-29-7-2-8-30-20-22-40(37)46(31)44(29)30;1-3-27-7-9-31-13-19-35(39-23-17-29(5-1)43(27)45(31)39)37-21-15-33-11-12-34-16-22-38(42-26-25-41(37)47(33)48(34)42)36-20-14-32-10-8-28-4-2-6-30-18-24-40(36)46(32)44(28)30;1-3-27-11-13-34-25-36(26-35-14-12-28(4-1)43(27)45(34)35)37-19-15-32-9-10-33-17-21-39(42-24-23-40(37)47(32)48(33)42)38-20-16-31-8-7-29-5-2-6-30-18-22-41(38)46(31)44(29)30/h3*1-26H. The fourth-order valence-corrected chi connectivity index (χ4v) is 27.6. The molecule has 0 aromatic heterocycles. The van der Waals surface area contributed by atoms with Gasteiger partial charge in [0.15, 0.2) is 0 Å². The molecule has 0 atom stereocenters. The van der Waals surface area contributed by atoms with Gasteiger partial charge in [-0.2, -0.15) is 0 Å². The predicted octanol–water partition coefficient (Wildman–Crippen LogP) is 41.1. The molecular weight excluding hydrogens is 1730 g/mol. The van der Waals surface area contributed by atoms with E-state index in [4.69, 9.17) is 0 Å². The quantitative estimate of drug-likeness (QED) is 0.146.